The molecule has 3 rings (SSSR count). The van der Waals surface area contributed by atoms with Crippen molar-refractivity contribution in [2.24, 2.45) is 0 Å². The molecule has 0 spiro atoms. The minimum absolute atomic E-state index is 0.0832. The van der Waals surface area contributed by atoms with Gasteiger partial charge in [0.1, 0.15) is 18.2 Å². The molecule has 0 aliphatic heterocycles. The number of rotatable bonds is 11. The highest BCUT2D eigenvalue weighted by atomic mass is 35.5. The first-order valence-corrected chi connectivity index (χ1v) is 12.2. The summed E-state index contributed by atoms with van der Waals surface area (Å²) < 4.78 is 23.4. The maximum atomic E-state index is 13.3. The topological polar surface area (TPSA) is 97.8 Å². The van der Waals surface area contributed by atoms with Gasteiger partial charge in [-0.15, -0.1) is 0 Å². The number of halogens is 2. The zero-order valence-corrected chi connectivity index (χ0v) is 21.5. The first-order valence-electron chi connectivity index (χ1n) is 11.8. The van der Waals surface area contributed by atoms with Crippen LogP contribution in [0.15, 0.2) is 54.7 Å². The van der Waals surface area contributed by atoms with Gasteiger partial charge in [-0.3, -0.25) is 14.9 Å². The van der Waals surface area contributed by atoms with Crippen LogP contribution in [-0.4, -0.2) is 54.7 Å². The fourth-order valence-electron chi connectivity index (χ4n) is 3.78. The molecular weight excluding hydrogens is 501 g/mol. The van der Waals surface area contributed by atoms with Crippen LogP contribution in [0.5, 0.6) is 0 Å². The fraction of sp³-hybridized carbons (Fsp3) is 0.333. The number of nitrogens with zero attached hydrogens (tertiary/aromatic N) is 2. The van der Waals surface area contributed by atoms with Crippen LogP contribution in [0, 0.1) is 5.82 Å². The van der Waals surface area contributed by atoms with Crippen LogP contribution in [0.4, 0.5) is 15.0 Å². The third-order valence-corrected chi connectivity index (χ3v) is 6.33. The Morgan fingerprint density at radius 3 is 2.59 bits per heavy atom. The number of hydrogen-bond acceptors (Lipinski definition) is 6. The van der Waals surface area contributed by atoms with Crippen LogP contribution >= 0.6 is 11.6 Å². The molecule has 37 heavy (non-hydrogen) atoms. The average Bonchev–Trinajstić information content (AvgIpc) is 2.89. The molecule has 0 aliphatic rings. The lowest BCUT2D eigenvalue weighted by Gasteiger charge is -2.28. The Morgan fingerprint density at radius 1 is 1.11 bits per heavy atom. The van der Waals surface area contributed by atoms with E-state index in [0.717, 1.165) is 10.8 Å². The van der Waals surface area contributed by atoms with Gasteiger partial charge in [-0.25, -0.2) is 14.2 Å². The largest absolute Gasteiger partial charge is 0.469 e. The molecule has 0 unspecified atom stereocenters. The lowest BCUT2D eigenvalue weighted by Crippen LogP contribution is -2.41. The van der Waals surface area contributed by atoms with E-state index in [0.29, 0.717) is 30.6 Å². The number of ether oxygens (including phenoxy) is 2. The molecule has 196 valence electrons. The predicted octanol–water partition coefficient (Wildman–Crippen LogP) is 5.38. The highest BCUT2D eigenvalue weighted by molar-refractivity contribution is 6.31. The Bertz CT molecular complexity index is 1260. The summed E-state index contributed by atoms with van der Waals surface area (Å²) in [5.41, 5.74) is 0.658. The number of carbonyl (C=O) groups is 3. The second kappa shape index (κ2) is 13.5. The minimum Gasteiger partial charge on any atom is -0.469 e. The monoisotopic (exact) mass is 529 g/mol. The molecular formula is C27H29ClFN3O5. The van der Waals surface area contributed by atoms with Crippen LogP contribution in [0.2, 0.25) is 5.02 Å². The molecule has 1 N–H and O–H groups in total. The van der Waals surface area contributed by atoms with E-state index in [1.54, 1.807) is 25.4 Å². The van der Waals surface area contributed by atoms with Crippen molar-refractivity contribution < 1.29 is 28.2 Å². The summed E-state index contributed by atoms with van der Waals surface area (Å²) in [6, 6.07) is 12.9. The van der Waals surface area contributed by atoms with Gasteiger partial charge < -0.3 is 14.4 Å². The van der Waals surface area contributed by atoms with Crippen molar-refractivity contribution in [1.29, 1.82) is 0 Å². The molecule has 1 atom stereocenters. The summed E-state index contributed by atoms with van der Waals surface area (Å²) in [6.45, 7) is -0.0832. The van der Waals surface area contributed by atoms with E-state index in [2.05, 4.69) is 15.0 Å². The first-order chi connectivity index (χ1) is 17.8. The number of fused-ring (bicyclic) bond motifs is 1. The zero-order valence-electron chi connectivity index (χ0n) is 20.7. The van der Waals surface area contributed by atoms with Gasteiger partial charge in [0.15, 0.2) is 0 Å². The van der Waals surface area contributed by atoms with Crippen molar-refractivity contribution >= 4 is 46.2 Å². The van der Waals surface area contributed by atoms with Crippen molar-refractivity contribution in [2.45, 2.75) is 38.1 Å². The fourth-order valence-corrected chi connectivity index (χ4v) is 4.05. The number of anilines is 1. The number of methoxy groups -OCH3 is 1. The Kier molecular flexibility index (Phi) is 10.2. The summed E-state index contributed by atoms with van der Waals surface area (Å²) in [7, 11) is 2.92. The number of benzene rings is 2. The van der Waals surface area contributed by atoms with Gasteiger partial charge in [0.25, 0.3) is 0 Å². The van der Waals surface area contributed by atoms with Gasteiger partial charge in [-0.2, -0.15) is 0 Å². The molecule has 0 fully saturated rings. The number of carbonyl (C=O) groups excluding carboxylic acids is 3. The third kappa shape index (κ3) is 8.42. The van der Waals surface area contributed by atoms with E-state index in [1.165, 1.54) is 24.1 Å². The van der Waals surface area contributed by atoms with Gasteiger partial charge in [-0.1, -0.05) is 41.9 Å². The van der Waals surface area contributed by atoms with Crippen LogP contribution in [0.1, 0.15) is 31.2 Å². The van der Waals surface area contributed by atoms with Crippen LogP contribution in [0.3, 0.4) is 0 Å². The number of aryl methyl sites for hydroxylation is 1. The van der Waals surface area contributed by atoms with Gasteiger partial charge in [0, 0.05) is 36.5 Å². The number of esters is 1. The highest BCUT2D eigenvalue weighted by Crippen LogP contribution is 2.20. The van der Waals surface area contributed by atoms with Crippen molar-refractivity contribution in [2.75, 3.05) is 26.1 Å². The Labute approximate surface area is 219 Å². The minimum atomic E-state index is -0.709. The van der Waals surface area contributed by atoms with Crippen molar-refractivity contribution in [3.8, 4) is 0 Å². The molecule has 1 heterocycles. The van der Waals surface area contributed by atoms with Crippen molar-refractivity contribution in [3.05, 3.63) is 71.1 Å². The number of likely N-dealkylation sites (N-methyl/N-ethyl adjacent to an activating group) is 1. The van der Waals surface area contributed by atoms with E-state index >= 15 is 0 Å². The second-order valence-electron chi connectivity index (χ2n) is 8.50. The molecule has 0 saturated heterocycles. The number of pyridine rings is 1. The van der Waals surface area contributed by atoms with Gasteiger partial charge >= 0.3 is 12.1 Å². The maximum Gasteiger partial charge on any atom is 0.412 e. The molecule has 8 nitrogen and oxygen atoms in total. The van der Waals surface area contributed by atoms with Crippen molar-refractivity contribution in [3.63, 3.8) is 0 Å². The third-order valence-electron chi connectivity index (χ3n) is 5.98. The predicted molar refractivity (Wildman–Crippen MR) is 139 cm³/mol. The average molecular weight is 530 g/mol. The van der Waals surface area contributed by atoms with Gasteiger partial charge in [0.05, 0.1) is 13.2 Å². The quantitative estimate of drug-likeness (QED) is 0.335. The van der Waals surface area contributed by atoms with Crippen LogP contribution < -0.4 is 5.32 Å². The Morgan fingerprint density at radius 2 is 1.86 bits per heavy atom. The molecule has 2 aromatic carbocycles. The van der Waals surface area contributed by atoms with E-state index in [4.69, 9.17) is 16.3 Å². The summed E-state index contributed by atoms with van der Waals surface area (Å²) >= 11 is 6.07. The maximum absolute atomic E-state index is 13.3. The van der Waals surface area contributed by atoms with Gasteiger partial charge in [-0.05, 0) is 48.4 Å². The molecule has 0 radical (unpaired) electrons. The lowest BCUT2D eigenvalue weighted by atomic mass is 10.1. The highest BCUT2D eigenvalue weighted by Gasteiger charge is 2.22. The smallest absolute Gasteiger partial charge is 0.412 e. The summed E-state index contributed by atoms with van der Waals surface area (Å²) in [4.78, 5) is 42.6. The van der Waals surface area contributed by atoms with Gasteiger partial charge in [0.2, 0.25) is 5.91 Å². The van der Waals surface area contributed by atoms with Crippen LogP contribution in [0.25, 0.3) is 10.8 Å². The molecule has 3 aromatic rings. The zero-order chi connectivity index (χ0) is 26.8. The lowest BCUT2D eigenvalue weighted by molar-refractivity contribution is -0.140. The van der Waals surface area contributed by atoms with E-state index in [9.17, 15) is 18.8 Å². The molecule has 10 heteroatoms. The summed E-state index contributed by atoms with van der Waals surface area (Å²) in [5.74, 6) is -0.674. The van der Waals surface area contributed by atoms with Crippen molar-refractivity contribution in [1.82, 2.24) is 9.88 Å². The van der Waals surface area contributed by atoms with E-state index in [-0.39, 0.29) is 36.3 Å². The standard InChI is InChI=1S/C27H29ClFN3O5/c1-32(25(33)13-11-18-10-12-21(29)15-23(18)28)22(8-5-9-26(34)36-2)17-37-27(35)31-24-14-19-6-3-4-7-20(19)16-30-24/h3-4,6-7,10,12,14-16,22H,5,8-9,11,13,17H2,1-2H3,(H,30,31,35)/t22-/m0/s1. The summed E-state index contributed by atoms with van der Waals surface area (Å²) in [5, 5.41) is 4.72. The molecule has 0 saturated carbocycles. The second-order valence-corrected chi connectivity index (χ2v) is 8.91. The SMILES string of the molecule is COC(=O)CCC[C@@H](COC(=O)Nc1cc2ccccc2cn1)N(C)C(=O)CCc1ccc(F)cc1Cl. The molecule has 0 bridgehead atoms. The van der Waals surface area contributed by atoms with E-state index in [1.807, 2.05) is 24.3 Å². The normalized spacial score (nSPS) is 11.6. The molecule has 0 aliphatic carbocycles. The number of aromatic nitrogens is 1. The molecule has 2 amide bonds. The first kappa shape index (κ1) is 27.9. The Balaban J connectivity index is 1.59. The van der Waals surface area contributed by atoms with E-state index < -0.39 is 18.0 Å². The van der Waals surface area contributed by atoms with Crippen LogP contribution in [-0.2, 0) is 25.5 Å². The molecule has 1 aromatic heterocycles. The number of amides is 2. The number of hydrogen-bond donors (Lipinski definition) is 1. The Hall–Kier alpha value is -3.72. The number of nitrogens with one attached hydrogen (secondary N) is 1. The summed E-state index contributed by atoms with van der Waals surface area (Å²) in [6.07, 6.45) is 2.42.